The molecule has 0 bridgehead atoms. The third-order valence-corrected chi connectivity index (χ3v) is 5.06. The standard InChI is InChI=1S/C18H17N3O2S2/c1-2-12-5-3-4-6-15(12)20-16(22)9-14-11-25-18(19-14)21-17(23)13-7-8-24-10-13/h3-8,10-11H,2,9H2,1H3,(H,20,22)(H,19,21,23). The molecule has 0 saturated carbocycles. The van der Waals surface area contributed by atoms with E-state index < -0.39 is 0 Å². The number of rotatable bonds is 6. The summed E-state index contributed by atoms with van der Waals surface area (Å²) in [6.45, 7) is 2.05. The van der Waals surface area contributed by atoms with Crippen LogP contribution in [0.25, 0.3) is 0 Å². The molecule has 2 aromatic heterocycles. The lowest BCUT2D eigenvalue weighted by Gasteiger charge is -2.08. The second-order valence-electron chi connectivity index (χ2n) is 5.35. The van der Waals surface area contributed by atoms with Crippen molar-refractivity contribution in [3.8, 4) is 0 Å². The van der Waals surface area contributed by atoms with Crippen molar-refractivity contribution >= 4 is 45.3 Å². The van der Waals surface area contributed by atoms with Crippen molar-refractivity contribution in [3.05, 3.63) is 63.3 Å². The van der Waals surface area contributed by atoms with E-state index in [1.165, 1.54) is 22.7 Å². The van der Waals surface area contributed by atoms with Crippen LogP contribution >= 0.6 is 22.7 Å². The number of para-hydroxylation sites is 1. The van der Waals surface area contributed by atoms with Crippen LogP contribution in [0.2, 0.25) is 0 Å². The van der Waals surface area contributed by atoms with Crippen molar-refractivity contribution in [2.75, 3.05) is 10.6 Å². The molecule has 0 atom stereocenters. The van der Waals surface area contributed by atoms with Gasteiger partial charge in [-0.25, -0.2) is 4.98 Å². The quantitative estimate of drug-likeness (QED) is 0.682. The summed E-state index contributed by atoms with van der Waals surface area (Å²) in [6, 6.07) is 9.50. The monoisotopic (exact) mass is 371 g/mol. The Morgan fingerprint density at radius 2 is 1.96 bits per heavy atom. The number of thiazole rings is 1. The van der Waals surface area contributed by atoms with E-state index in [0.717, 1.165) is 17.7 Å². The van der Waals surface area contributed by atoms with Crippen LogP contribution < -0.4 is 10.6 Å². The van der Waals surface area contributed by atoms with Gasteiger partial charge in [0.1, 0.15) is 0 Å². The van der Waals surface area contributed by atoms with Gasteiger partial charge >= 0.3 is 0 Å². The first-order valence-corrected chi connectivity index (χ1v) is 9.63. The third kappa shape index (κ3) is 4.52. The molecule has 7 heteroatoms. The number of nitrogens with one attached hydrogen (secondary N) is 2. The maximum Gasteiger partial charge on any atom is 0.258 e. The van der Waals surface area contributed by atoms with E-state index in [1.54, 1.807) is 16.8 Å². The van der Waals surface area contributed by atoms with Gasteiger partial charge in [-0.3, -0.25) is 14.9 Å². The zero-order valence-corrected chi connectivity index (χ0v) is 15.2. The van der Waals surface area contributed by atoms with Crippen LogP contribution in [0.4, 0.5) is 10.8 Å². The maximum absolute atomic E-state index is 12.2. The molecule has 1 aromatic carbocycles. The van der Waals surface area contributed by atoms with Crippen LogP contribution in [-0.2, 0) is 17.6 Å². The van der Waals surface area contributed by atoms with Gasteiger partial charge in [0, 0.05) is 16.4 Å². The summed E-state index contributed by atoms with van der Waals surface area (Å²) in [6.07, 6.45) is 1.02. The third-order valence-electron chi connectivity index (χ3n) is 3.57. The van der Waals surface area contributed by atoms with Gasteiger partial charge in [0.05, 0.1) is 17.7 Å². The van der Waals surface area contributed by atoms with Crippen molar-refractivity contribution in [3.63, 3.8) is 0 Å². The topological polar surface area (TPSA) is 71.1 Å². The average molecular weight is 371 g/mol. The first-order chi connectivity index (χ1) is 12.2. The number of aromatic nitrogens is 1. The number of hydrogen-bond acceptors (Lipinski definition) is 5. The van der Waals surface area contributed by atoms with Gasteiger partial charge in [-0.05, 0) is 29.5 Å². The predicted molar refractivity (Wildman–Crippen MR) is 103 cm³/mol. The first-order valence-electron chi connectivity index (χ1n) is 7.81. The molecule has 0 aliphatic heterocycles. The van der Waals surface area contributed by atoms with Crippen LogP contribution in [0, 0.1) is 0 Å². The highest BCUT2D eigenvalue weighted by Crippen LogP contribution is 2.19. The zero-order valence-electron chi connectivity index (χ0n) is 13.6. The van der Waals surface area contributed by atoms with Gasteiger partial charge in [-0.1, -0.05) is 25.1 Å². The molecule has 0 saturated heterocycles. The maximum atomic E-state index is 12.2. The normalized spacial score (nSPS) is 10.4. The molecule has 2 heterocycles. The van der Waals surface area contributed by atoms with E-state index >= 15 is 0 Å². The number of amides is 2. The molecule has 0 radical (unpaired) electrons. The SMILES string of the molecule is CCc1ccccc1NC(=O)Cc1csc(NC(=O)c2ccsc2)n1. The number of carbonyl (C=O) groups is 2. The molecule has 0 spiro atoms. The molecule has 2 amide bonds. The van der Waals surface area contributed by atoms with Crippen molar-refractivity contribution in [1.29, 1.82) is 0 Å². The minimum absolute atomic E-state index is 0.123. The van der Waals surface area contributed by atoms with Crippen LogP contribution in [0.5, 0.6) is 0 Å². The highest BCUT2D eigenvalue weighted by Gasteiger charge is 2.12. The lowest BCUT2D eigenvalue weighted by atomic mass is 10.1. The number of thiophene rings is 1. The molecule has 0 unspecified atom stereocenters. The number of hydrogen-bond donors (Lipinski definition) is 2. The lowest BCUT2D eigenvalue weighted by molar-refractivity contribution is -0.115. The summed E-state index contributed by atoms with van der Waals surface area (Å²) in [7, 11) is 0. The van der Waals surface area contributed by atoms with Gasteiger partial charge in [-0.15, -0.1) is 11.3 Å². The first kappa shape index (κ1) is 17.3. The molecular formula is C18H17N3O2S2. The van der Waals surface area contributed by atoms with Crippen LogP contribution in [0.15, 0.2) is 46.5 Å². The number of aryl methyl sites for hydroxylation is 1. The minimum atomic E-state index is -0.191. The van der Waals surface area contributed by atoms with Gasteiger partial charge < -0.3 is 5.32 Å². The van der Waals surface area contributed by atoms with E-state index in [1.807, 2.05) is 36.6 Å². The Bertz CT molecular complexity index is 872. The number of nitrogens with zero attached hydrogens (tertiary/aromatic N) is 1. The van der Waals surface area contributed by atoms with Gasteiger partial charge in [0.2, 0.25) is 5.91 Å². The summed E-state index contributed by atoms with van der Waals surface area (Å²) in [4.78, 5) is 28.6. The highest BCUT2D eigenvalue weighted by molar-refractivity contribution is 7.14. The van der Waals surface area contributed by atoms with Crippen molar-refractivity contribution in [2.45, 2.75) is 19.8 Å². The molecule has 0 aliphatic carbocycles. The summed E-state index contributed by atoms with van der Waals surface area (Å²) in [5.74, 6) is -0.314. The van der Waals surface area contributed by atoms with E-state index in [4.69, 9.17) is 0 Å². The Hall–Kier alpha value is -2.51. The van der Waals surface area contributed by atoms with Crippen molar-refractivity contribution in [1.82, 2.24) is 4.98 Å². The Morgan fingerprint density at radius 1 is 1.12 bits per heavy atom. The van der Waals surface area contributed by atoms with Crippen molar-refractivity contribution < 1.29 is 9.59 Å². The van der Waals surface area contributed by atoms with Gasteiger partial charge in [-0.2, -0.15) is 11.3 Å². The second-order valence-corrected chi connectivity index (χ2v) is 6.98. The molecule has 2 N–H and O–H groups in total. The second kappa shape index (κ2) is 8.04. The average Bonchev–Trinajstić information content (AvgIpc) is 3.27. The summed E-state index contributed by atoms with van der Waals surface area (Å²) < 4.78 is 0. The molecule has 3 aromatic rings. The van der Waals surface area contributed by atoms with E-state index in [-0.39, 0.29) is 18.2 Å². The Morgan fingerprint density at radius 3 is 2.72 bits per heavy atom. The number of benzene rings is 1. The summed E-state index contributed by atoms with van der Waals surface area (Å²) in [5, 5.41) is 11.6. The van der Waals surface area contributed by atoms with Crippen LogP contribution in [0.3, 0.4) is 0 Å². The Balaban J connectivity index is 1.59. The van der Waals surface area contributed by atoms with E-state index in [9.17, 15) is 9.59 Å². The molecule has 128 valence electrons. The molecule has 25 heavy (non-hydrogen) atoms. The van der Waals surface area contributed by atoms with Crippen LogP contribution in [0.1, 0.15) is 28.5 Å². The van der Waals surface area contributed by atoms with Crippen molar-refractivity contribution in [2.24, 2.45) is 0 Å². The highest BCUT2D eigenvalue weighted by atomic mass is 32.1. The predicted octanol–water partition coefficient (Wildman–Crippen LogP) is 4.20. The molecule has 0 aliphatic rings. The largest absolute Gasteiger partial charge is 0.325 e. The smallest absolute Gasteiger partial charge is 0.258 e. The van der Waals surface area contributed by atoms with Gasteiger partial charge in [0.25, 0.3) is 5.91 Å². The van der Waals surface area contributed by atoms with E-state index in [0.29, 0.717) is 16.4 Å². The molecule has 3 rings (SSSR count). The molecule has 0 fully saturated rings. The fourth-order valence-electron chi connectivity index (χ4n) is 2.32. The zero-order chi connectivity index (χ0) is 17.6. The number of anilines is 2. The molecular weight excluding hydrogens is 354 g/mol. The summed E-state index contributed by atoms with van der Waals surface area (Å²) >= 11 is 2.78. The minimum Gasteiger partial charge on any atom is -0.325 e. The Labute approximate surface area is 153 Å². The fourth-order valence-corrected chi connectivity index (χ4v) is 3.66. The van der Waals surface area contributed by atoms with E-state index in [2.05, 4.69) is 15.6 Å². The number of carbonyl (C=O) groups excluding carboxylic acids is 2. The lowest BCUT2D eigenvalue weighted by Crippen LogP contribution is -2.16. The molecule has 5 nitrogen and oxygen atoms in total. The Kier molecular flexibility index (Phi) is 5.57. The van der Waals surface area contributed by atoms with Crippen LogP contribution in [-0.4, -0.2) is 16.8 Å². The fraction of sp³-hybridized carbons (Fsp3) is 0.167. The van der Waals surface area contributed by atoms with Gasteiger partial charge in [0.15, 0.2) is 5.13 Å². The summed E-state index contributed by atoms with van der Waals surface area (Å²) in [5.41, 5.74) is 3.17.